The summed E-state index contributed by atoms with van der Waals surface area (Å²) in [6, 6.07) is 0. The zero-order valence-electron chi connectivity index (χ0n) is 8.03. The second-order valence-electron chi connectivity index (χ2n) is 2.94. The molecule has 0 bridgehead atoms. The first-order valence-corrected chi connectivity index (χ1v) is 4.58. The predicted octanol–water partition coefficient (Wildman–Crippen LogP) is 0.762. The third kappa shape index (κ3) is 7.46. The van der Waals surface area contributed by atoms with Crippen LogP contribution in [0, 0.1) is 0 Å². The molecule has 0 amide bonds. The summed E-state index contributed by atoms with van der Waals surface area (Å²) in [5.74, 6) is -0.785. The molecule has 0 radical (unpaired) electrons. The van der Waals surface area contributed by atoms with Gasteiger partial charge in [0, 0.05) is 19.5 Å². The van der Waals surface area contributed by atoms with Crippen LogP contribution in [0.1, 0.15) is 26.2 Å². The Balaban J connectivity index is 3.65. The van der Waals surface area contributed by atoms with E-state index >= 15 is 0 Å². The topological polar surface area (TPSA) is 57.6 Å². The Bertz CT molecular complexity index is 159. The Morgan fingerprint density at radius 3 is 2.54 bits per heavy atom. The highest BCUT2D eigenvalue weighted by molar-refractivity contribution is 5.66. The lowest BCUT2D eigenvalue weighted by Crippen LogP contribution is -2.28. The first-order chi connectivity index (χ1) is 6.20. The molecule has 1 N–H and O–H groups in total. The van der Waals surface area contributed by atoms with Crippen LogP contribution in [-0.2, 0) is 9.59 Å². The van der Waals surface area contributed by atoms with Crippen molar-refractivity contribution >= 4 is 12.3 Å². The van der Waals surface area contributed by atoms with Crippen molar-refractivity contribution < 1.29 is 14.7 Å². The highest BCUT2D eigenvalue weighted by Crippen LogP contribution is 1.95. The number of aliphatic carboxylic acids is 1. The second kappa shape index (κ2) is 7.73. The number of nitrogens with zero attached hydrogens (tertiary/aromatic N) is 1. The number of carboxylic acid groups (broad SMARTS) is 1. The third-order valence-corrected chi connectivity index (χ3v) is 1.74. The van der Waals surface area contributed by atoms with Crippen molar-refractivity contribution in [3.8, 4) is 0 Å². The number of hydrogen-bond donors (Lipinski definition) is 1. The van der Waals surface area contributed by atoms with Crippen LogP contribution in [0.5, 0.6) is 0 Å². The normalized spacial score (nSPS) is 10.3. The summed E-state index contributed by atoms with van der Waals surface area (Å²) in [7, 11) is 0. The van der Waals surface area contributed by atoms with E-state index in [0.29, 0.717) is 19.5 Å². The molecule has 0 aromatic carbocycles. The maximum absolute atomic E-state index is 10.3. The van der Waals surface area contributed by atoms with Crippen molar-refractivity contribution in [1.82, 2.24) is 4.90 Å². The van der Waals surface area contributed by atoms with E-state index in [1.807, 2.05) is 11.8 Å². The zero-order chi connectivity index (χ0) is 10.1. The molecule has 4 heteroatoms. The lowest BCUT2D eigenvalue weighted by atomic mass is 10.3. The summed E-state index contributed by atoms with van der Waals surface area (Å²) < 4.78 is 0. The lowest BCUT2D eigenvalue weighted by molar-refractivity contribution is -0.137. The molecule has 0 saturated heterocycles. The predicted molar refractivity (Wildman–Crippen MR) is 49.7 cm³/mol. The smallest absolute Gasteiger partial charge is 0.304 e. The number of aldehydes is 1. The minimum absolute atomic E-state index is 0.152. The Hall–Kier alpha value is -0.900. The van der Waals surface area contributed by atoms with Gasteiger partial charge in [0.2, 0.25) is 0 Å². The Morgan fingerprint density at radius 2 is 2.08 bits per heavy atom. The van der Waals surface area contributed by atoms with E-state index in [9.17, 15) is 9.59 Å². The third-order valence-electron chi connectivity index (χ3n) is 1.74. The summed E-state index contributed by atoms with van der Waals surface area (Å²) in [5, 5.41) is 8.46. The number of rotatable bonds is 8. The standard InChI is InChI=1S/C9H17NO3/c1-2-5-10(6-3-8-11)7-4-9(12)13/h8H,2-7H2,1H3,(H,12,13). The van der Waals surface area contributed by atoms with Crippen molar-refractivity contribution in [2.24, 2.45) is 0 Å². The fourth-order valence-corrected chi connectivity index (χ4v) is 1.14. The molecule has 4 nitrogen and oxygen atoms in total. The summed E-state index contributed by atoms with van der Waals surface area (Å²) in [5.41, 5.74) is 0. The van der Waals surface area contributed by atoms with Crippen LogP contribution in [0.3, 0.4) is 0 Å². The Kier molecular flexibility index (Phi) is 7.20. The van der Waals surface area contributed by atoms with Gasteiger partial charge in [-0.25, -0.2) is 0 Å². The largest absolute Gasteiger partial charge is 0.481 e. The minimum atomic E-state index is -0.785. The van der Waals surface area contributed by atoms with Crippen molar-refractivity contribution in [2.45, 2.75) is 26.2 Å². The van der Waals surface area contributed by atoms with Crippen LogP contribution in [-0.4, -0.2) is 41.9 Å². The number of carboxylic acids is 1. The number of hydrogen-bond acceptors (Lipinski definition) is 3. The summed E-state index contributed by atoms with van der Waals surface area (Å²) in [6.45, 7) is 4.11. The van der Waals surface area contributed by atoms with E-state index in [1.165, 1.54) is 0 Å². The molecule has 0 aromatic rings. The molecule has 0 spiro atoms. The van der Waals surface area contributed by atoms with E-state index in [1.54, 1.807) is 0 Å². The summed E-state index contributed by atoms with van der Waals surface area (Å²) in [4.78, 5) is 22.4. The van der Waals surface area contributed by atoms with Gasteiger partial charge in [-0.15, -0.1) is 0 Å². The van der Waals surface area contributed by atoms with Gasteiger partial charge in [0.15, 0.2) is 0 Å². The average Bonchev–Trinajstić information content (AvgIpc) is 2.09. The van der Waals surface area contributed by atoms with Crippen LogP contribution < -0.4 is 0 Å². The molecule has 0 fully saturated rings. The van der Waals surface area contributed by atoms with Gasteiger partial charge >= 0.3 is 5.97 Å². The molecule has 0 atom stereocenters. The maximum atomic E-state index is 10.3. The highest BCUT2D eigenvalue weighted by atomic mass is 16.4. The number of carbonyl (C=O) groups is 2. The molecular weight excluding hydrogens is 170 g/mol. The number of carbonyl (C=O) groups excluding carboxylic acids is 1. The zero-order valence-corrected chi connectivity index (χ0v) is 8.03. The summed E-state index contributed by atoms with van der Waals surface area (Å²) >= 11 is 0. The highest BCUT2D eigenvalue weighted by Gasteiger charge is 2.05. The van der Waals surface area contributed by atoms with Gasteiger partial charge in [-0.3, -0.25) is 4.79 Å². The average molecular weight is 187 g/mol. The van der Waals surface area contributed by atoms with Crippen LogP contribution in [0.2, 0.25) is 0 Å². The molecule has 0 unspecified atom stereocenters. The Labute approximate surface area is 78.5 Å². The van der Waals surface area contributed by atoms with Crippen molar-refractivity contribution in [3.05, 3.63) is 0 Å². The van der Waals surface area contributed by atoms with Gasteiger partial charge in [0.05, 0.1) is 6.42 Å². The van der Waals surface area contributed by atoms with Crippen LogP contribution in [0.15, 0.2) is 0 Å². The van der Waals surface area contributed by atoms with Crippen LogP contribution >= 0.6 is 0 Å². The molecule has 76 valence electrons. The molecule has 0 aromatic heterocycles. The monoisotopic (exact) mass is 187 g/mol. The molecule has 0 aliphatic rings. The van der Waals surface area contributed by atoms with Crippen molar-refractivity contribution in [1.29, 1.82) is 0 Å². The first kappa shape index (κ1) is 12.1. The van der Waals surface area contributed by atoms with Gasteiger partial charge in [-0.2, -0.15) is 0 Å². The molecule has 0 rings (SSSR count). The fraction of sp³-hybridized carbons (Fsp3) is 0.778. The van der Waals surface area contributed by atoms with E-state index in [-0.39, 0.29) is 6.42 Å². The molecule has 13 heavy (non-hydrogen) atoms. The quantitative estimate of drug-likeness (QED) is 0.570. The SMILES string of the molecule is CCCN(CCC=O)CCC(=O)O. The molecule has 0 heterocycles. The van der Waals surface area contributed by atoms with E-state index in [4.69, 9.17) is 5.11 Å². The molecule has 0 aliphatic carbocycles. The van der Waals surface area contributed by atoms with E-state index in [2.05, 4.69) is 0 Å². The lowest BCUT2D eigenvalue weighted by Gasteiger charge is -2.19. The summed E-state index contributed by atoms with van der Waals surface area (Å²) in [6.07, 6.45) is 2.49. The van der Waals surface area contributed by atoms with Crippen molar-refractivity contribution in [3.63, 3.8) is 0 Å². The van der Waals surface area contributed by atoms with Gasteiger partial charge < -0.3 is 14.8 Å². The molecule has 0 aliphatic heterocycles. The van der Waals surface area contributed by atoms with Gasteiger partial charge in [0.25, 0.3) is 0 Å². The van der Waals surface area contributed by atoms with Gasteiger partial charge in [0.1, 0.15) is 6.29 Å². The maximum Gasteiger partial charge on any atom is 0.304 e. The van der Waals surface area contributed by atoms with Gasteiger partial charge in [-0.1, -0.05) is 6.92 Å². The first-order valence-electron chi connectivity index (χ1n) is 4.58. The van der Waals surface area contributed by atoms with Crippen LogP contribution in [0.25, 0.3) is 0 Å². The van der Waals surface area contributed by atoms with Crippen molar-refractivity contribution in [2.75, 3.05) is 19.6 Å². The van der Waals surface area contributed by atoms with E-state index in [0.717, 1.165) is 19.3 Å². The Morgan fingerprint density at radius 1 is 1.38 bits per heavy atom. The van der Waals surface area contributed by atoms with Crippen LogP contribution in [0.4, 0.5) is 0 Å². The molecular formula is C9H17NO3. The fourth-order valence-electron chi connectivity index (χ4n) is 1.14. The van der Waals surface area contributed by atoms with E-state index < -0.39 is 5.97 Å². The van der Waals surface area contributed by atoms with Gasteiger partial charge in [-0.05, 0) is 13.0 Å². The minimum Gasteiger partial charge on any atom is -0.481 e. The second-order valence-corrected chi connectivity index (χ2v) is 2.94. The molecule has 0 saturated carbocycles.